The van der Waals surface area contributed by atoms with Gasteiger partial charge in [0, 0.05) is 18.6 Å². The van der Waals surface area contributed by atoms with Gasteiger partial charge in [-0.1, -0.05) is 0 Å². The summed E-state index contributed by atoms with van der Waals surface area (Å²) in [7, 11) is 2.18. The molecule has 1 fully saturated rings. The molecule has 5 nitrogen and oxygen atoms in total. The highest BCUT2D eigenvalue weighted by molar-refractivity contribution is 5.48. The van der Waals surface area contributed by atoms with E-state index < -0.39 is 0 Å². The summed E-state index contributed by atoms with van der Waals surface area (Å²) in [6, 6.07) is 1.09. The zero-order valence-corrected chi connectivity index (χ0v) is 12.3. The van der Waals surface area contributed by atoms with Crippen molar-refractivity contribution < 1.29 is 4.74 Å². The smallest absolute Gasteiger partial charge is 0.221 e. The number of ether oxygens (including phenoxy) is 1. The Morgan fingerprint density at radius 1 is 1.47 bits per heavy atom. The van der Waals surface area contributed by atoms with Gasteiger partial charge in [0.25, 0.3) is 0 Å². The second-order valence-corrected chi connectivity index (χ2v) is 5.28. The number of aromatic nitrogens is 2. The van der Waals surface area contributed by atoms with Crippen molar-refractivity contribution in [2.75, 3.05) is 25.5 Å². The largest absolute Gasteiger partial charge is 0.478 e. The molecule has 5 heteroatoms. The Hall–Kier alpha value is -1.36. The Bertz CT molecular complexity index is 424. The van der Waals surface area contributed by atoms with E-state index in [-0.39, 0.29) is 0 Å². The van der Waals surface area contributed by atoms with Gasteiger partial charge in [-0.05, 0) is 40.7 Å². The molecule has 1 aromatic rings. The third kappa shape index (κ3) is 3.35. The van der Waals surface area contributed by atoms with Gasteiger partial charge in [0.2, 0.25) is 5.88 Å². The fourth-order valence-electron chi connectivity index (χ4n) is 2.48. The number of hydrogen-bond acceptors (Lipinski definition) is 5. The highest BCUT2D eigenvalue weighted by Gasteiger charge is 2.23. The molecule has 0 aliphatic carbocycles. The number of likely N-dealkylation sites (tertiary alicyclic amines) is 1. The maximum Gasteiger partial charge on any atom is 0.221 e. The molecule has 2 atom stereocenters. The van der Waals surface area contributed by atoms with E-state index in [0.29, 0.717) is 24.6 Å². The molecule has 1 N–H and O–H groups in total. The molecule has 2 rings (SSSR count). The lowest BCUT2D eigenvalue weighted by Gasteiger charge is -2.35. The minimum Gasteiger partial charge on any atom is -0.478 e. The summed E-state index contributed by atoms with van der Waals surface area (Å²) < 4.78 is 5.51. The molecular formula is C14H24N4O. The zero-order valence-electron chi connectivity index (χ0n) is 12.3. The van der Waals surface area contributed by atoms with Crippen LogP contribution in [0.4, 0.5) is 5.82 Å². The van der Waals surface area contributed by atoms with Gasteiger partial charge in [-0.15, -0.1) is 0 Å². The van der Waals surface area contributed by atoms with Gasteiger partial charge >= 0.3 is 0 Å². The highest BCUT2D eigenvalue weighted by Crippen LogP contribution is 2.24. The minimum atomic E-state index is 0.481. The highest BCUT2D eigenvalue weighted by atomic mass is 16.5. The molecule has 0 spiro atoms. The van der Waals surface area contributed by atoms with Crippen molar-refractivity contribution in [3.05, 3.63) is 11.9 Å². The van der Waals surface area contributed by atoms with Crippen LogP contribution in [0, 0.1) is 6.92 Å². The summed E-state index contributed by atoms with van der Waals surface area (Å²) in [6.07, 6.45) is 3.86. The van der Waals surface area contributed by atoms with Crippen LogP contribution in [0.2, 0.25) is 0 Å². The summed E-state index contributed by atoms with van der Waals surface area (Å²) >= 11 is 0. The van der Waals surface area contributed by atoms with E-state index in [0.717, 1.165) is 30.8 Å². The summed E-state index contributed by atoms with van der Waals surface area (Å²) in [6.45, 7) is 8.00. The number of hydrogen-bond donors (Lipinski definition) is 1. The molecule has 0 amide bonds. The van der Waals surface area contributed by atoms with Crippen LogP contribution in [0.25, 0.3) is 0 Å². The first-order valence-corrected chi connectivity index (χ1v) is 7.03. The second-order valence-electron chi connectivity index (χ2n) is 5.28. The van der Waals surface area contributed by atoms with Crippen LogP contribution in [0.1, 0.15) is 32.3 Å². The van der Waals surface area contributed by atoms with Crippen molar-refractivity contribution >= 4 is 5.82 Å². The predicted octanol–water partition coefficient (Wildman–Crippen LogP) is 2.08. The zero-order chi connectivity index (χ0) is 13.8. The first kappa shape index (κ1) is 14.1. The minimum absolute atomic E-state index is 0.481. The monoisotopic (exact) mass is 264 g/mol. The predicted molar refractivity (Wildman–Crippen MR) is 76.7 cm³/mol. The van der Waals surface area contributed by atoms with Gasteiger partial charge in [-0.25, -0.2) is 9.97 Å². The molecule has 2 unspecified atom stereocenters. The Balaban J connectivity index is 2.05. The molecule has 0 radical (unpaired) electrons. The van der Waals surface area contributed by atoms with Crippen LogP contribution < -0.4 is 10.1 Å². The normalized spacial score (nSPS) is 24.2. The van der Waals surface area contributed by atoms with E-state index in [9.17, 15) is 0 Å². The molecule has 1 aliphatic rings. The molecule has 1 saturated heterocycles. The van der Waals surface area contributed by atoms with E-state index in [4.69, 9.17) is 4.74 Å². The molecule has 0 bridgehead atoms. The Labute approximate surface area is 115 Å². The van der Waals surface area contributed by atoms with E-state index in [1.165, 1.54) is 0 Å². The van der Waals surface area contributed by atoms with Crippen LogP contribution in [0.5, 0.6) is 5.88 Å². The van der Waals surface area contributed by atoms with E-state index in [1.807, 2.05) is 13.8 Å². The lowest BCUT2D eigenvalue weighted by Crippen LogP contribution is -2.42. The lowest BCUT2D eigenvalue weighted by atomic mass is 9.99. The number of anilines is 1. The van der Waals surface area contributed by atoms with Gasteiger partial charge < -0.3 is 15.0 Å². The molecule has 106 valence electrons. The molecule has 0 saturated carbocycles. The van der Waals surface area contributed by atoms with Crippen LogP contribution in [-0.4, -0.2) is 47.2 Å². The maximum atomic E-state index is 5.51. The van der Waals surface area contributed by atoms with Crippen molar-refractivity contribution in [2.45, 2.75) is 45.7 Å². The maximum absolute atomic E-state index is 5.51. The number of nitrogens with one attached hydrogen (secondary N) is 1. The summed E-state index contributed by atoms with van der Waals surface area (Å²) in [5, 5.41) is 3.54. The Morgan fingerprint density at radius 2 is 2.26 bits per heavy atom. The van der Waals surface area contributed by atoms with Crippen LogP contribution in [0.15, 0.2) is 6.33 Å². The van der Waals surface area contributed by atoms with Gasteiger partial charge in [0.1, 0.15) is 12.1 Å². The number of nitrogens with zero attached hydrogens (tertiary/aromatic N) is 3. The summed E-state index contributed by atoms with van der Waals surface area (Å²) in [4.78, 5) is 10.9. The van der Waals surface area contributed by atoms with Gasteiger partial charge in [-0.2, -0.15) is 0 Å². The third-order valence-electron chi connectivity index (χ3n) is 3.87. The van der Waals surface area contributed by atoms with E-state index in [2.05, 4.69) is 34.2 Å². The van der Waals surface area contributed by atoms with Gasteiger partial charge in [0.05, 0.1) is 12.2 Å². The van der Waals surface area contributed by atoms with E-state index in [1.54, 1.807) is 6.33 Å². The summed E-state index contributed by atoms with van der Waals surface area (Å²) in [5.74, 6) is 1.58. The number of piperidine rings is 1. The first-order valence-electron chi connectivity index (χ1n) is 7.03. The third-order valence-corrected chi connectivity index (χ3v) is 3.87. The quantitative estimate of drug-likeness (QED) is 0.902. The Kier molecular flexibility index (Phi) is 4.58. The molecule has 19 heavy (non-hydrogen) atoms. The van der Waals surface area contributed by atoms with Crippen molar-refractivity contribution in [3.63, 3.8) is 0 Å². The van der Waals surface area contributed by atoms with Crippen LogP contribution >= 0.6 is 0 Å². The SMILES string of the molecule is CCOc1ncnc(NC2CCN(C)C(C)C2)c1C. The molecule has 2 heterocycles. The lowest BCUT2D eigenvalue weighted by molar-refractivity contribution is 0.190. The average Bonchev–Trinajstić information content (AvgIpc) is 2.39. The van der Waals surface area contributed by atoms with Crippen molar-refractivity contribution in [1.29, 1.82) is 0 Å². The van der Waals surface area contributed by atoms with Gasteiger partial charge in [-0.3, -0.25) is 0 Å². The second kappa shape index (κ2) is 6.19. The van der Waals surface area contributed by atoms with Crippen molar-refractivity contribution in [3.8, 4) is 5.88 Å². The topological polar surface area (TPSA) is 50.3 Å². The Morgan fingerprint density at radius 3 is 2.95 bits per heavy atom. The fraction of sp³-hybridized carbons (Fsp3) is 0.714. The van der Waals surface area contributed by atoms with Crippen LogP contribution in [-0.2, 0) is 0 Å². The van der Waals surface area contributed by atoms with Crippen molar-refractivity contribution in [1.82, 2.24) is 14.9 Å². The fourth-order valence-corrected chi connectivity index (χ4v) is 2.48. The molecule has 1 aliphatic heterocycles. The van der Waals surface area contributed by atoms with E-state index >= 15 is 0 Å². The van der Waals surface area contributed by atoms with Crippen LogP contribution in [0.3, 0.4) is 0 Å². The first-order chi connectivity index (χ1) is 9.11. The molecular weight excluding hydrogens is 240 g/mol. The van der Waals surface area contributed by atoms with Crippen molar-refractivity contribution in [2.24, 2.45) is 0 Å². The molecule has 1 aromatic heterocycles. The molecule has 0 aromatic carbocycles. The standard InChI is InChI=1S/C14H24N4O/c1-5-19-14-11(3)13(15-9-16-14)17-12-6-7-18(4)10(2)8-12/h9-10,12H,5-8H2,1-4H3,(H,15,16,17). The average molecular weight is 264 g/mol. The van der Waals surface area contributed by atoms with Gasteiger partial charge in [0.15, 0.2) is 0 Å². The summed E-state index contributed by atoms with van der Waals surface area (Å²) in [5.41, 5.74) is 0.996. The number of rotatable bonds is 4.